The van der Waals surface area contributed by atoms with E-state index in [1.807, 2.05) is 6.92 Å². The number of amides is 1. The molecule has 98 valence electrons. The molecule has 0 aliphatic heterocycles. The molecule has 2 N–H and O–H groups in total. The normalized spacial score (nSPS) is 13.7. The highest BCUT2D eigenvalue weighted by Gasteiger charge is 2.26. The third-order valence-corrected chi connectivity index (χ3v) is 2.78. The Kier molecular flexibility index (Phi) is 4.76. The molecule has 1 aromatic heterocycles. The van der Waals surface area contributed by atoms with Crippen LogP contribution in [0, 0.1) is 12.8 Å². The molecule has 0 fully saturated rings. The minimum Gasteiger partial charge on any atom is -0.480 e. The first-order valence-corrected chi connectivity index (χ1v) is 5.78. The molecule has 0 aliphatic rings. The summed E-state index contributed by atoms with van der Waals surface area (Å²) >= 11 is 0. The number of aromatic nitrogens is 2. The number of carboxylic acids is 1. The number of aliphatic carboxylic acids is 1. The van der Waals surface area contributed by atoms with Gasteiger partial charge in [-0.15, -0.1) is 0 Å². The van der Waals surface area contributed by atoms with Crippen LogP contribution in [-0.2, 0) is 4.79 Å². The number of hydrogen-bond acceptors (Lipinski definition) is 4. The maximum Gasteiger partial charge on any atom is 0.326 e. The van der Waals surface area contributed by atoms with Gasteiger partial charge in [0.25, 0.3) is 5.91 Å². The van der Waals surface area contributed by atoms with Crippen LogP contribution in [0.5, 0.6) is 0 Å². The molecule has 1 rings (SSSR count). The zero-order valence-electron chi connectivity index (χ0n) is 10.7. The predicted octanol–water partition coefficient (Wildman–Crippen LogP) is 1.01. The monoisotopic (exact) mass is 251 g/mol. The van der Waals surface area contributed by atoms with Gasteiger partial charge in [-0.3, -0.25) is 9.78 Å². The van der Waals surface area contributed by atoms with Gasteiger partial charge < -0.3 is 10.4 Å². The van der Waals surface area contributed by atoms with Crippen molar-refractivity contribution in [1.29, 1.82) is 0 Å². The molecule has 0 saturated heterocycles. The summed E-state index contributed by atoms with van der Waals surface area (Å²) in [7, 11) is 0. The molecular formula is C12H17N3O3. The highest BCUT2D eigenvalue weighted by atomic mass is 16.4. The third-order valence-electron chi connectivity index (χ3n) is 2.78. The summed E-state index contributed by atoms with van der Waals surface area (Å²) in [6.07, 6.45) is 3.46. The van der Waals surface area contributed by atoms with Crippen LogP contribution in [0.15, 0.2) is 12.4 Å². The smallest absolute Gasteiger partial charge is 0.326 e. The minimum atomic E-state index is -1.04. The molecular weight excluding hydrogens is 234 g/mol. The van der Waals surface area contributed by atoms with Gasteiger partial charge >= 0.3 is 5.97 Å². The summed E-state index contributed by atoms with van der Waals surface area (Å²) < 4.78 is 0. The average molecular weight is 251 g/mol. The van der Waals surface area contributed by atoms with E-state index >= 15 is 0 Å². The van der Waals surface area contributed by atoms with Gasteiger partial charge in [-0.25, -0.2) is 9.78 Å². The Morgan fingerprint density at radius 1 is 1.39 bits per heavy atom. The zero-order valence-corrected chi connectivity index (χ0v) is 10.7. The van der Waals surface area contributed by atoms with E-state index < -0.39 is 17.9 Å². The van der Waals surface area contributed by atoms with Crippen LogP contribution in [0.25, 0.3) is 0 Å². The fourth-order valence-corrected chi connectivity index (χ4v) is 1.41. The lowest BCUT2D eigenvalue weighted by Gasteiger charge is -2.19. The van der Waals surface area contributed by atoms with Crippen molar-refractivity contribution >= 4 is 11.9 Å². The van der Waals surface area contributed by atoms with Crippen molar-refractivity contribution in [3.05, 3.63) is 23.8 Å². The van der Waals surface area contributed by atoms with E-state index in [0.717, 1.165) is 0 Å². The minimum absolute atomic E-state index is 0.121. The van der Waals surface area contributed by atoms with Crippen molar-refractivity contribution in [3.63, 3.8) is 0 Å². The van der Waals surface area contributed by atoms with Gasteiger partial charge in [0.2, 0.25) is 0 Å². The quantitative estimate of drug-likeness (QED) is 0.815. The number of carbonyl (C=O) groups is 2. The van der Waals surface area contributed by atoms with Gasteiger partial charge in [-0.05, 0) is 12.8 Å². The fraction of sp³-hybridized carbons (Fsp3) is 0.500. The van der Waals surface area contributed by atoms with E-state index in [4.69, 9.17) is 5.11 Å². The number of hydrogen-bond donors (Lipinski definition) is 2. The molecule has 2 atom stereocenters. The number of nitrogens with one attached hydrogen (secondary N) is 1. The lowest BCUT2D eigenvalue weighted by molar-refractivity contribution is -0.140. The van der Waals surface area contributed by atoms with Gasteiger partial charge in [-0.2, -0.15) is 0 Å². The molecule has 1 aromatic rings. The van der Waals surface area contributed by atoms with E-state index in [2.05, 4.69) is 15.3 Å². The van der Waals surface area contributed by atoms with Crippen LogP contribution < -0.4 is 5.32 Å². The van der Waals surface area contributed by atoms with Crippen molar-refractivity contribution in [2.24, 2.45) is 5.92 Å². The number of carboxylic acid groups (broad SMARTS) is 1. The number of carbonyl (C=O) groups excluding carboxylic acids is 1. The van der Waals surface area contributed by atoms with E-state index in [0.29, 0.717) is 12.1 Å². The first-order valence-electron chi connectivity index (χ1n) is 5.78. The summed E-state index contributed by atoms with van der Waals surface area (Å²) in [4.78, 5) is 30.7. The second-order valence-electron chi connectivity index (χ2n) is 4.22. The van der Waals surface area contributed by atoms with Gasteiger partial charge in [0.15, 0.2) is 0 Å². The van der Waals surface area contributed by atoms with Gasteiger partial charge in [0.05, 0.1) is 11.9 Å². The summed E-state index contributed by atoms with van der Waals surface area (Å²) in [5, 5.41) is 11.5. The first kappa shape index (κ1) is 14.1. The Hall–Kier alpha value is -1.98. The molecule has 0 unspecified atom stereocenters. The van der Waals surface area contributed by atoms with Crippen LogP contribution in [-0.4, -0.2) is 33.0 Å². The fourth-order valence-electron chi connectivity index (χ4n) is 1.41. The van der Waals surface area contributed by atoms with Crippen molar-refractivity contribution in [2.75, 3.05) is 0 Å². The second-order valence-corrected chi connectivity index (χ2v) is 4.22. The Morgan fingerprint density at radius 2 is 2.06 bits per heavy atom. The van der Waals surface area contributed by atoms with E-state index in [1.165, 1.54) is 12.4 Å². The third kappa shape index (κ3) is 3.51. The SMILES string of the molecule is CC[C@H](C)[C@H](NC(=O)c1cnc(C)cn1)C(=O)O. The maximum atomic E-state index is 11.8. The summed E-state index contributed by atoms with van der Waals surface area (Å²) in [6.45, 7) is 5.41. The van der Waals surface area contributed by atoms with E-state index in [9.17, 15) is 9.59 Å². The van der Waals surface area contributed by atoms with Crippen molar-refractivity contribution in [3.8, 4) is 0 Å². The Balaban J connectivity index is 2.78. The highest BCUT2D eigenvalue weighted by molar-refractivity contribution is 5.94. The molecule has 1 heterocycles. The van der Waals surface area contributed by atoms with Gasteiger partial charge in [-0.1, -0.05) is 20.3 Å². The largest absolute Gasteiger partial charge is 0.480 e. The van der Waals surface area contributed by atoms with Crippen LogP contribution >= 0.6 is 0 Å². The molecule has 18 heavy (non-hydrogen) atoms. The van der Waals surface area contributed by atoms with Crippen LogP contribution in [0.3, 0.4) is 0 Å². The van der Waals surface area contributed by atoms with E-state index in [1.54, 1.807) is 13.8 Å². The zero-order chi connectivity index (χ0) is 13.7. The van der Waals surface area contributed by atoms with Crippen molar-refractivity contribution < 1.29 is 14.7 Å². The Morgan fingerprint density at radius 3 is 2.50 bits per heavy atom. The highest BCUT2D eigenvalue weighted by Crippen LogP contribution is 2.08. The van der Waals surface area contributed by atoms with Crippen molar-refractivity contribution in [2.45, 2.75) is 33.2 Å². The lowest BCUT2D eigenvalue weighted by atomic mass is 9.99. The van der Waals surface area contributed by atoms with Crippen LogP contribution in [0.1, 0.15) is 36.5 Å². The summed E-state index contributed by atoms with van der Waals surface area (Å²) in [5.41, 5.74) is 0.818. The molecule has 0 saturated carbocycles. The molecule has 1 amide bonds. The molecule has 6 heteroatoms. The maximum absolute atomic E-state index is 11.8. The number of aryl methyl sites for hydroxylation is 1. The number of nitrogens with zero attached hydrogens (tertiary/aromatic N) is 2. The van der Waals surface area contributed by atoms with E-state index in [-0.39, 0.29) is 11.6 Å². The average Bonchev–Trinajstić information content (AvgIpc) is 2.35. The summed E-state index contributed by atoms with van der Waals surface area (Å²) in [5.74, 6) is -1.71. The molecule has 0 aliphatic carbocycles. The predicted molar refractivity (Wildman–Crippen MR) is 65.1 cm³/mol. The Bertz CT molecular complexity index is 431. The van der Waals surface area contributed by atoms with Gasteiger partial charge in [0.1, 0.15) is 11.7 Å². The van der Waals surface area contributed by atoms with Gasteiger partial charge in [0, 0.05) is 6.20 Å². The topological polar surface area (TPSA) is 92.2 Å². The number of rotatable bonds is 5. The standard InChI is InChI=1S/C12H17N3O3/c1-4-7(2)10(12(17)18)15-11(16)9-6-13-8(3)5-14-9/h5-7,10H,4H2,1-3H3,(H,15,16)(H,17,18)/t7-,10-/m0/s1. The lowest BCUT2D eigenvalue weighted by Crippen LogP contribution is -2.45. The summed E-state index contributed by atoms with van der Waals surface area (Å²) in [6, 6.07) is -0.911. The van der Waals surface area contributed by atoms with Crippen molar-refractivity contribution in [1.82, 2.24) is 15.3 Å². The molecule has 6 nitrogen and oxygen atoms in total. The Labute approximate surface area is 105 Å². The first-order chi connectivity index (χ1) is 8.45. The molecule has 0 radical (unpaired) electrons. The molecule has 0 aromatic carbocycles. The second kappa shape index (κ2) is 6.09. The molecule has 0 spiro atoms. The van der Waals surface area contributed by atoms with Crippen LogP contribution in [0.2, 0.25) is 0 Å². The van der Waals surface area contributed by atoms with Crippen LogP contribution in [0.4, 0.5) is 0 Å². The molecule has 0 bridgehead atoms.